The monoisotopic (exact) mass is 442 g/mol. The molecule has 3 N–H and O–H groups in total. The maximum atomic E-state index is 13.2. The van der Waals surface area contributed by atoms with Gasteiger partial charge >= 0.3 is 5.97 Å². The number of hydrogen-bond donors (Lipinski definition) is 3. The van der Waals surface area contributed by atoms with Crippen molar-refractivity contribution in [3.63, 3.8) is 0 Å². The van der Waals surface area contributed by atoms with Crippen molar-refractivity contribution in [3.8, 4) is 5.75 Å². The number of benzene rings is 1. The third-order valence-electron chi connectivity index (χ3n) is 6.13. The van der Waals surface area contributed by atoms with Gasteiger partial charge in [-0.2, -0.15) is 0 Å². The van der Waals surface area contributed by atoms with Gasteiger partial charge in [0, 0.05) is 31.1 Å². The van der Waals surface area contributed by atoms with E-state index in [9.17, 15) is 39.3 Å². The van der Waals surface area contributed by atoms with Gasteiger partial charge in [0.05, 0.1) is 5.56 Å². The highest BCUT2D eigenvalue weighted by Crippen LogP contribution is 2.52. The Morgan fingerprint density at radius 3 is 2.47 bits per heavy atom. The van der Waals surface area contributed by atoms with Crippen LogP contribution in [0.5, 0.6) is 5.75 Å². The molecular formula is C22H18O10. The Kier molecular flexibility index (Phi) is 4.78. The van der Waals surface area contributed by atoms with E-state index in [4.69, 9.17) is 9.47 Å². The number of phenolic OH excluding ortho intramolecular Hbond substituents is 1. The second kappa shape index (κ2) is 7.13. The van der Waals surface area contributed by atoms with Crippen molar-refractivity contribution in [3.05, 3.63) is 52.0 Å². The van der Waals surface area contributed by atoms with Gasteiger partial charge in [0.1, 0.15) is 28.6 Å². The molecule has 1 aromatic rings. The fourth-order valence-corrected chi connectivity index (χ4v) is 4.61. The van der Waals surface area contributed by atoms with Gasteiger partial charge in [0.25, 0.3) is 0 Å². The fourth-order valence-electron chi connectivity index (χ4n) is 4.61. The SMILES string of the molecule is CCC(=O)C1=C(O)[C@@H](OC)[C@]2(C(=O)O)CC3=C(O[C@H]2C1=O)C(=O)c1c(O)cccc1C3=O. The number of carbonyl (C=O) groups is 5. The van der Waals surface area contributed by atoms with Gasteiger partial charge in [-0.25, -0.2) is 0 Å². The van der Waals surface area contributed by atoms with Crippen molar-refractivity contribution in [2.75, 3.05) is 7.11 Å². The van der Waals surface area contributed by atoms with Crippen molar-refractivity contribution < 1.29 is 48.8 Å². The molecule has 0 saturated heterocycles. The molecule has 10 heteroatoms. The van der Waals surface area contributed by atoms with E-state index in [-0.39, 0.29) is 23.1 Å². The summed E-state index contributed by atoms with van der Waals surface area (Å²) in [5, 5.41) is 30.9. The van der Waals surface area contributed by atoms with Crippen LogP contribution in [0.4, 0.5) is 0 Å². The Morgan fingerprint density at radius 2 is 1.88 bits per heavy atom. The molecular weight excluding hydrogens is 424 g/mol. The summed E-state index contributed by atoms with van der Waals surface area (Å²) in [7, 11) is 1.08. The number of allylic oxidation sites excluding steroid dienone is 2. The highest BCUT2D eigenvalue weighted by molar-refractivity contribution is 6.29. The first kappa shape index (κ1) is 21.4. The van der Waals surface area contributed by atoms with Gasteiger partial charge in [0.15, 0.2) is 23.4 Å². The lowest BCUT2D eigenvalue weighted by Gasteiger charge is -2.47. The molecule has 0 amide bonds. The standard InChI is InChI=1S/C22H18O10/c1-3-10(23)13-16(27)19(31-2)22(21(29)30)7-9-14(25)8-5-4-6-11(24)12(8)15(26)18(9)32-20(22)17(13)28/h4-6,19-20,24,27H,3,7H2,1-2H3,(H,29,30)/t19-,20+,22-/m1/s1. The number of carboxylic acids is 1. The van der Waals surface area contributed by atoms with Gasteiger partial charge in [0.2, 0.25) is 11.6 Å². The molecule has 0 radical (unpaired) electrons. The smallest absolute Gasteiger partial charge is 0.317 e. The molecule has 10 nitrogen and oxygen atoms in total. The minimum Gasteiger partial charge on any atom is -0.509 e. The zero-order valence-electron chi connectivity index (χ0n) is 17.0. The molecule has 4 rings (SSSR count). The highest BCUT2D eigenvalue weighted by Gasteiger charge is 2.66. The third kappa shape index (κ3) is 2.53. The second-order valence-electron chi connectivity index (χ2n) is 7.70. The van der Waals surface area contributed by atoms with Crippen molar-refractivity contribution in [2.45, 2.75) is 32.0 Å². The van der Waals surface area contributed by atoms with E-state index in [1.165, 1.54) is 25.1 Å². The van der Waals surface area contributed by atoms with E-state index >= 15 is 0 Å². The number of aromatic hydroxyl groups is 1. The van der Waals surface area contributed by atoms with Crippen molar-refractivity contribution >= 4 is 29.1 Å². The fraction of sp³-hybridized carbons (Fsp3) is 0.318. The van der Waals surface area contributed by atoms with E-state index in [0.29, 0.717) is 0 Å². The van der Waals surface area contributed by atoms with Crippen molar-refractivity contribution in [1.29, 1.82) is 0 Å². The van der Waals surface area contributed by atoms with E-state index in [1.54, 1.807) is 0 Å². The average Bonchev–Trinajstić information content (AvgIpc) is 2.76. The summed E-state index contributed by atoms with van der Waals surface area (Å²) in [6, 6.07) is 3.85. The first-order valence-electron chi connectivity index (χ1n) is 9.69. The van der Waals surface area contributed by atoms with Gasteiger partial charge < -0.3 is 24.8 Å². The molecule has 0 aromatic heterocycles. The average molecular weight is 442 g/mol. The molecule has 32 heavy (non-hydrogen) atoms. The molecule has 1 aliphatic heterocycles. The zero-order valence-corrected chi connectivity index (χ0v) is 17.0. The Bertz CT molecular complexity index is 1190. The molecule has 0 spiro atoms. The van der Waals surface area contributed by atoms with Crippen molar-refractivity contribution in [1.82, 2.24) is 0 Å². The molecule has 1 aromatic carbocycles. The third-order valence-corrected chi connectivity index (χ3v) is 6.13. The minimum atomic E-state index is -2.31. The Labute approximate surface area is 180 Å². The maximum absolute atomic E-state index is 13.2. The van der Waals surface area contributed by atoms with Crippen LogP contribution in [-0.2, 0) is 23.9 Å². The number of carboxylic acid groups (broad SMARTS) is 1. The first-order valence-corrected chi connectivity index (χ1v) is 9.69. The van der Waals surface area contributed by atoms with E-state index in [0.717, 1.165) is 7.11 Å². The van der Waals surface area contributed by atoms with Gasteiger partial charge in [-0.1, -0.05) is 19.1 Å². The van der Waals surface area contributed by atoms with Crippen LogP contribution in [0.1, 0.15) is 40.5 Å². The topological polar surface area (TPSA) is 164 Å². The molecule has 0 unspecified atom stereocenters. The molecule has 0 bridgehead atoms. The molecule has 166 valence electrons. The Balaban J connectivity index is 1.96. The maximum Gasteiger partial charge on any atom is 0.317 e. The molecule has 3 aliphatic rings. The lowest BCUT2D eigenvalue weighted by Crippen LogP contribution is -2.63. The van der Waals surface area contributed by atoms with E-state index < -0.39 is 76.0 Å². The summed E-state index contributed by atoms with van der Waals surface area (Å²) in [6.07, 6.45) is -4.46. The quantitative estimate of drug-likeness (QED) is 0.578. The lowest BCUT2D eigenvalue weighted by molar-refractivity contribution is -0.181. The van der Waals surface area contributed by atoms with Crippen LogP contribution in [-0.4, -0.2) is 63.7 Å². The predicted molar refractivity (Wildman–Crippen MR) is 104 cm³/mol. The number of phenols is 1. The predicted octanol–water partition coefficient (Wildman–Crippen LogP) is 1.27. The number of fused-ring (bicyclic) bond motifs is 2. The lowest BCUT2D eigenvalue weighted by atomic mass is 9.62. The molecule has 3 atom stereocenters. The number of carbonyl (C=O) groups excluding carboxylic acids is 4. The summed E-state index contributed by atoms with van der Waals surface area (Å²) in [6.45, 7) is 1.45. The minimum absolute atomic E-state index is 0.144. The summed E-state index contributed by atoms with van der Waals surface area (Å²) in [5.74, 6) is -7.06. The summed E-state index contributed by atoms with van der Waals surface area (Å²) < 4.78 is 10.8. The number of Topliss-reactive ketones (excluding diaryl/α,β-unsaturated/α-hetero) is 4. The number of ketones is 4. The number of aliphatic hydroxyl groups is 1. The summed E-state index contributed by atoms with van der Waals surface area (Å²) in [4.78, 5) is 64.2. The van der Waals surface area contributed by atoms with Crippen LogP contribution in [0.2, 0.25) is 0 Å². The normalized spacial score (nSPS) is 26.9. The number of rotatable bonds is 4. The number of hydrogen-bond acceptors (Lipinski definition) is 9. The molecule has 2 aliphatic carbocycles. The van der Waals surface area contributed by atoms with Crippen LogP contribution in [0.25, 0.3) is 0 Å². The molecule has 0 saturated carbocycles. The van der Waals surface area contributed by atoms with Gasteiger partial charge in [-0.15, -0.1) is 0 Å². The van der Waals surface area contributed by atoms with Crippen LogP contribution in [0.15, 0.2) is 40.9 Å². The van der Waals surface area contributed by atoms with Gasteiger partial charge in [-0.05, 0) is 6.07 Å². The number of aliphatic carboxylic acids is 1. The zero-order chi connectivity index (χ0) is 23.5. The number of methoxy groups -OCH3 is 1. The van der Waals surface area contributed by atoms with Crippen LogP contribution in [0.3, 0.4) is 0 Å². The first-order chi connectivity index (χ1) is 15.1. The number of ether oxygens (including phenoxy) is 2. The van der Waals surface area contributed by atoms with Crippen LogP contribution < -0.4 is 0 Å². The van der Waals surface area contributed by atoms with Crippen LogP contribution in [0, 0.1) is 5.41 Å². The van der Waals surface area contributed by atoms with Crippen molar-refractivity contribution in [2.24, 2.45) is 5.41 Å². The van der Waals surface area contributed by atoms with E-state index in [1.807, 2.05) is 0 Å². The van der Waals surface area contributed by atoms with Gasteiger partial charge in [-0.3, -0.25) is 24.0 Å². The van der Waals surface area contributed by atoms with E-state index in [2.05, 4.69) is 0 Å². The highest BCUT2D eigenvalue weighted by atomic mass is 16.5. The molecule has 0 fully saturated rings. The van der Waals surface area contributed by atoms with Crippen LogP contribution >= 0.6 is 0 Å². The Hall–Kier alpha value is -3.79. The Morgan fingerprint density at radius 1 is 1.19 bits per heavy atom. The largest absolute Gasteiger partial charge is 0.509 e. The summed E-state index contributed by atoms with van der Waals surface area (Å²) >= 11 is 0. The second-order valence-corrected chi connectivity index (χ2v) is 7.70. The molecule has 1 heterocycles. The summed E-state index contributed by atoms with van der Waals surface area (Å²) in [5.41, 5.74) is -3.76. The number of aliphatic hydroxyl groups excluding tert-OH is 1.